The number of aliphatic imine (C=N–C) groups is 3. The van der Waals surface area contributed by atoms with Gasteiger partial charge in [-0.2, -0.15) is 0 Å². The molecule has 2 unspecified atom stereocenters. The van der Waals surface area contributed by atoms with E-state index in [9.17, 15) is 0 Å². The van der Waals surface area contributed by atoms with Crippen LogP contribution in [0, 0.1) is 0 Å². The second-order valence-electron chi connectivity index (χ2n) is 3.30. The summed E-state index contributed by atoms with van der Waals surface area (Å²) in [4.78, 5) is 13.1. The number of dihydropyridines is 1. The minimum atomic E-state index is -0.394. The Morgan fingerprint density at radius 2 is 2.21 bits per heavy atom. The van der Waals surface area contributed by atoms with Crippen LogP contribution < -0.4 is 0 Å². The first-order valence-electron chi connectivity index (χ1n) is 4.35. The third kappa shape index (κ3) is 0.854. The van der Waals surface area contributed by atoms with Gasteiger partial charge in [0.1, 0.15) is 0 Å². The van der Waals surface area contributed by atoms with Crippen molar-refractivity contribution in [2.75, 3.05) is 0 Å². The van der Waals surface area contributed by atoms with Crippen LogP contribution in [0.2, 0.25) is 0 Å². The van der Waals surface area contributed by atoms with Crippen molar-refractivity contribution in [3.05, 3.63) is 34.4 Å². The molecule has 0 aromatic heterocycles. The minimum absolute atomic E-state index is 0.394. The van der Waals surface area contributed by atoms with Crippen molar-refractivity contribution in [2.45, 2.75) is 5.54 Å². The number of hydrogen-bond acceptors (Lipinski definition) is 3. The molecule has 0 N–H and O–H groups in total. The topological polar surface area (TPSA) is 37.1 Å². The molecule has 14 heavy (non-hydrogen) atoms. The quantitative estimate of drug-likeness (QED) is 0.549. The van der Waals surface area contributed by atoms with Gasteiger partial charge in [-0.15, -0.1) is 0 Å². The molecule has 1 spiro atoms. The third-order valence-electron chi connectivity index (χ3n) is 2.53. The summed E-state index contributed by atoms with van der Waals surface area (Å²) in [5.74, 6) is 0. The van der Waals surface area contributed by atoms with Gasteiger partial charge in [-0.1, -0.05) is 0 Å². The Morgan fingerprint density at radius 1 is 1.29 bits per heavy atom. The zero-order valence-corrected chi connectivity index (χ0v) is 9.81. The number of nitrogens with zero attached hydrogens (tertiary/aromatic N) is 3. The summed E-state index contributed by atoms with van der Waals surface area (Å²) in [7, 11) is 0. The van der Waals surface area contributed by atoms with E-state index in [1.54, 1.807) is 29.4 Å². The van der Waals surface area contributed by atoms with Gasteiger partial charge < -0.3 is 0 Å². The zero-order valence-electron chi connectivity index (χ0n) is 7.38. The van der Waals surface area contributed by atoms with E-state index < -0.39 is 5.54 Å². The zero-order chi connectivity index (χ0) is 9.60. The number of allylic oxidation sites excluding steroid dienone is 3. The molecule has 1 aliphatic carbocycles. The van der Waals surface area contributed by atoms with E-state index in [-0.39, 0.29) is 0 Å². The van der Waals surface area contributed by atoms with Crippen LogP contribution >= 0.6 is 0 Å². The average Bonchev–Trinajstić information content (AvgIpc) is 2.62. The van der Waals surface area contributed by atoms with Crippen LogP contribution in [0.25, 0.3) is 0 Å². The molecule has 0 aromatic rings. The van der Waals surface area contributed by atoms with Gasteiger partial charge in [-0.25, -0.2) is 0 Å². The van der Waals surface area contributed by atoms with Crippen LogP contribution in [0.3, 0.4) is 0 Å². The van der Waals surface area contributed by atoms with E-state index in [0.29, 0.717) is 0 Å². The monoisotopic (exact) mass is 245 g/mol. The second-order valence-corrected chi connectivity index (χ2v) is 4.60. The fourth-order valence-corrected chi connectivity index (χ4v) is 2.67. The predicted molar refractivity (Wildman–Crippen MR) is 61.0 cm³/mol. The average molecular weight is 245 g/mol. The van der Waals surface area contributed by atoms with Gasteiger partial charge in [0.05, 0.1) is 0 Å². The van der Waals surface area contributed by atoms with Gasteiger partial charge in [0, 0.05) is 0 Å². The summed E-state index contributed by atoms with van der Waals surface area (Å²) < 4.78 is 1.22. The van der Waals surface area contributed by atoms with Crippen LogP contribution in [-0.4, -0.2) is 40.7 Å². The molecule has 0 radical (unpaired) electrons. The van der Waals surface area contributed by atoms with E-state index in [1.807, 2.05) is 12.2 Å². The van der Waals surface area contributed by atoms with Crippen LogP contribution in [0.5, 0.6) is 0 Å². The maximum atomic E-state index is 4.43. The molecule has 3 nitrogen and oxygen atoms in total. The fourth-order valence-electron chi connectivity index (χ4n) is 1.85. The standard InChI is InChI=1S/C10H8AsN3/c11-7-2-3-8-10(4-1-5-12-8)9(7)13-6-14-10/h1-6H,11H2. The predicted octanol–water partition coefficient (Wildman–Crippen LogP) is 0.263. The van der Waals surface area contributed by atoms with Crippen molar-refractivity contribution in [1.82, 2.24) is 0 Å². The Hall–Kier alpha value is -1.21. The Bertz CT molecular complexity index is 480. The normalized spacial score (nSPS) is 31.9. The van der Waals surface area contributed by atoms with E-state index in [4.69, 9.17) is 0 Å². The number of hydrogen-bond donors (Lipinski definition) is 0. The summed E-state index contributed by atoms with van der Waals surface area (Å²) >= 11 is 1.58. The van der Waals surface area contributed by atoms with Crippen LogP contribution in [0.1, 0.15) is 0 Å². The molecule has 3 aliphatic rings. The van der Waals surface area contributed by atoms with Crippen LogP contribution in [0.15, 0.2) is 49.3 Å². The summed E-state index contributed by atoms with van der Waals surface area (Å²) in [6.07, 6.45) is 11.5. The molecule has 0 fully saturated rings. The molecule has 68 valence electrons. The molecule has 0 saturated heterocycles. The molecule has 2 heterocycles. The van der Waals surface area contributed by atoms with Crippen LogP contribution in [-0.2, 0) is 0 Å². The first-order valence-corrected chi connectivity index (χ1v) is 5.56. The molecule has 0 bridgehead atoms. The molecular formula is C10H8AsN3. The van der Waals surface area contributed by atoms with Crippen molar-refractivity contribution in [2.24, 2.45) is 15.0 Å². The van der Waals surface area contributed by atoms with Gasteiger partial charge in [-0.05, 0) is 0 Å². The summed E-state index contributed by atoms with van der Waals surface area (Å²) in [6, 6.07) is 0. The molecule has 2 aliphatic heterocycles. The molecule has 4 heteroatoms. The van der Waals surface area contributed by atoms with E-state index in [0.717, 1.165) is 11.4 Å². The third-order valence-corrected chi connectivity index (χ3v) is 3.51. The molecule has 0 aromatic carbocycles. The Labute approximate surface area is 90.2 Å². The molecule has 3 rings (SSSR count). The SMILES string of the molecule is [AsH2]C1=CC=C2N=CC=CC23N=CN=C13. The van der Waals surface area contributed by atoms with Gasteiger partial charge in [0.25, 0.3) is 0 Å². The van der Waals surface area contributed by atoms with Gasteiger partial charge >= 0.3 is 90.0 Å². The molecule has 2 atom stereocenters. The summed E-state index contributed by atoms with van der Waals surface area (Å²) in [5, 5.41) is 0. The first-order chi connectivity index (χ1) is 6.83. The van der Waals surface area contributed by atoms with Crippen LogP contribution in [0.4, 0.5) is 0 Å². The van der Waals surface area contributed by atoms with E-state index in [2.05, 4.69) is 27.1 Å². The maximum absolute atomic E-state index is 4.43. The number of rotatable bonds is 0. The molecule has 0 saturated carbocycles. The van der Waals surface area contributed by atoms with Crippen molar-refractivity contribution in [3.8, 4) is 0 Å². The second kappa shape index (κ2) is 2.64. The summed E-state index contributed by atoms with van der Waals surface area (Å²) in [5.41, 5.74) is 1.60. The Morgan fingerprint density at radius 3 is 3.14 bits per heavy atom. The Balaban J connectivity index is 2.28. The Kier molecular flexibility index (Phi) is 1.53. The van der Waals surface area contributed by atoms with Gasteiger partial charge in [-0.3, -0.25) is 0 Å². The van der Waals surface area contributed by atoms with E-state index >= 15 is 0 Å². The molecule has 0 amide bonds. The summed E-state index contributed by atoms with van der Waals surface area (Å²) in [6.45, 7) is 0. The molecular weight excluding hydrogens is 237 g/mol. The van der Waals surface area contributed by atoms with Crippen molar-refractivity contribution in [1.29, 1.82) is 0 Å². The van der Waals surface area contributed by atoms with Crippen molar-refractivity contribution < 1.29 is 0 Å². The van der Waals surface area contributed by atoms with Crippen molar-refractivity contribution >= 4 is 35.1 Å². The fraction of sp³-hybridized carbons (Fsp3) is 0.100. The first kappa shape index (κ1) is 8.13. The van der Waals surface area contributed by atoms with Gasteiger partial charge in [0.2, 0.25) is 0 Å². The van der Waals surface area contributed by atoms with Crippen molar-refractivity contribution in [3.63, 3.8) is 0 Å². The van der Waals surface area contributed by atoms with Gasteiger partial charge in [0.15, 0.2) is 0 Å². The van der Waals surface area contributed by atoms with E-state index in [1.165, 1.54) is 4.36 Å².